The van der Waals surface area contributed by atoms with E-state index in [2.05, 4.69) is 4.72 Å². The fraction of sp³-hybridized carbons (Fsp3) is 0.235. The van der Waals surface area contributed by atoms with E-state index in [0.29, 0.717) is 11.3 Å². The fourth-order valence-corrected chi connectivity index (χ4v) is 3.13. The molecule has 2 rings (SSSR count). The topological polar surface area (TPSA) is 72.5 Å². The van der Waals surface area contributed by atoms with E-state index < -0.39 is 10.0 Å². The van der Waals surface area contributed by atoms with Crippen LogP contribution in [0.2, 0.25) is 0 Å². The number of hydrogen-bond acceptors (Lipinski definition) is 4. The molecule has 0 amide bonds. The van der Waals surface area contributed by atoms with E-state index in [1.165, 1.54) is 19.1 Å². The average molecular weight is 333 g/mol. The molecule has 0 aliphatic heterocycles. The molecule has 0 bridgehead atoms. The van der Waals surface area contributed by atoms with Crippen molar-refractivity contribution >= 4 is 15.8 Å². The van der Waals surface area contributed by atoms with Crippen molar-refractivity contribution in [2.24, 2.45) is 0 Å². The zero-order valence-corrected chi connectivity index (χ0v) is 13.8. The number of sulfonamides is 1. The molecule has 1 unspecified atom stereocenters. The number of Topliss-reactive ketones (excluding diaryl/α,β-unsaturated/α-hetero) is 1. The third-order valence-electron chi connectivity index (χ3n) is 3.19. The minimum absolute atomic E-state index is 0.0668. The number of ketones is 1. The molecular formula is C17H19NO4S. The molecule has 23 heavy (non-hydrogen) atoms. The molecule has 0 spiro atoms. The first-order valence-electron chi connectivity index (χ1n) is 7.21. The summed E-state index contributed by atoms with van der Waals surface area (Å²) in [6, 6.07) is 15.1. The number of hydrogen-bond donors (Lipinski definition) is 1. The minimum Gasteiger partial charge on any atom is -0.489 e. The Morgan fingerprint density at radius 2 is 1.83 bits per heavy atom. The Bertz CT molecular complexity index is 772. The van der Waals surface area contributed by atoms with Gasteiger partial charge in [-0.2, -0.15) is 0 Å². The fourth-order valence-electron chi connectivity index (χ4n) is 1.97. The van der Waals surface area contributed by atoms with Gasteiger partial charge in [0, 0.05) is 12.1 Å². The Morgan fingerprint density at radius 3 is 2.48 bits per heavy atom. The summed E-state index contributed by atoms with van der Waals surface area (Å²) in [7, 11) is -3.69. The van der Waals surface area contributed by atoms with E-state index in [4.69, 9.17) is 4.74 Å². The van der Waals surface area contributed by atoms with Crippen LogP contribution in [0.5, 0.6) is 5.75 Å². The monoisotopic (exact) mass is 333 g/mol. The van der Waals surface area contributed by atoms with Gasteiger partial charge in [0.2, 0.25) is 10.0 Å². The van der Waals surface area contributed by atoms with Crippen molar-refractivity contribution in [2.75, 3.05) is 6.54 Å². The van der Waals surface area contributed by atoms with E-state index in [-0.39, 0.29) is 23.3 Å². The highest BCUT2D eigenvalue weighted by molar-refractivity contribution is 7.89. The highest BCUT2D eigenvalue weighted by atomic mass is 32.2. The minimum atomic E-state index is -3.69. The largest absolute Gasteiger partial charge is 0.489 e. The van der Waals surface area contributed by atoms with Crippen molar-refractivity contribution in [3.8, 4) is 5.75 Å². The predicted octanol–water partition coefficient (Wildman–Crippen LogP) is 2.64. The Kier molecular flexibility index (Phi) is 5.52. The summed E-state index contributed by atoms with van der Waals surface area (Å²) in [6.07, 6.45) is -0.330. The van der Waals surface area contributed by atoms with E-state index in [1.54, 1.807) is 31.2 Å². The van der Waals surface area contributed by atoms with Gasteiger partial charge in [-0.15, -0.1) is 0 Å². The zero-order valence-electron chi connectivity index (χ0n) is 13.0. The van der Waals surface area contributed by atoms with Crippen molar-refractivity contribution in [1.29, 1.82) is 0 Å². The first-order valence-corrected chi connectivity index (χ1v) is 8.69. The summed E-state index contributed by atoms with van der Waals surface area (Å²) in [5.41, 5.74) is 0.362. The van der Waals surface area contributed by atoms with Crippen molar-refractivity contribution in [2.45, 2.75) is 24.8 Å². The first-order chi connectivity index (χ1) is 10.9. The van der Waals surface area contributed by atoms with Crippen LogP contribution in [0, 0.1) is 0 Å². The van der Waals surface area contributed by atoms with Crippen LogP contribution in [0.25, 0.3) is 0 Å². The van der Waals surface area contributed by atoms with Gasteiger partial charge in [0.25, 0.3) is 0 Å². The molecule has 0 aliphatic rings. The summed E-state index contributed by atoms with van der Waals surface area (Å²) in [5.74, 6) is 0.501. The second-order valence-electron chi connectivity index (χ2n) is 5.18. The maximum Gasteiger partial charge on any atom is 0.240 e. The Balaban J connectivity index is 2.01. The maximum atomic E-state index is 12.3. The Labute approximate surface area is 136 Å². The zero-order chi connectivity index (χ0) is 16.9. The molecule has 1 atom stereocenters. The number of benzene rings is 2. The van der Waals surface area contributed by atoms with E-state index >= 15 is 0 Å². The number of ether oxygens (including phenoxy) is 1. The molecule has 0 heterocycles. The quantitative estimate of drug-likeness (QED) is 0.791. The van der Waals surface area contributed by atoms with E-state index in [0.717, 1.165) is 0 Å². The summed E-state index contributed by atoms with van der Waals surface area (Å²) in [5, 5.41) is 0. The third kappa shape index (κ3) is 4.91. The highest BCUT2D eigenvalue weighted by Crippen LogP contribution is 2.13. The molecule has 2 aromatic rings. The molecule has 0 fully saturated rings. The van der Waals surface area contributed by atoms with Crippen LogP contribution in [0.1, 0.15) is 24.2 Å². The van der Waals surface area contributed by atoms with Crippen LogP contribution in [0.4, 0.5) is 0 Å². The first kappa shape index (κ1) is 17.2. The molecular weight excluding hydrogens is 314 g/mol. The number of para-hydroxylation sites is 1. The van der Waals surface area contributed by atoms with E-state index in [1.807, 2.05) is 18.2 Å². The normalized spacial score (nSPS) is 12.6. The lowest BCUT2D eigenvalue weighted by molar-refractivity contribution is 0.101. The lowest BCUT2D eigenvalue weighted by Gasteiger charge is -2.15. The molecule has 0 saturated heterocycles. The van der Waals surface area contributed by atoms with Crippen LogP contribution >= 0.6 is 0 Å². The van der Waals surface area contributed by atoms with Gasteiger partial charge < -0.3 is 4.74 Å². The molecule has 1 N–H and O–H groups in total. The van der Waals surface area contributed by atoms with Crippen LogP contribution in [-0.4, -0.2) is 26.8 Å². The van der Waals surface area contributed by atoms with Crippen LogP contribution in [-0.2, 0) is 10.0 Å². The van der Waals surface area contributed by atoms with Gasteiger partial charge in [-0.1, -0.05) is 30.3 Å². The summed E-state index contributed by atoms with van der Waals surface area (Å²) in [6.45, 7) is 3.30. The van der Waals surface area contributed by atoms with Gasteiger partial charge >= 0.3 is 0 Å². The third-order valence-corrected chi connectivity index (χ3v) is 4.61. The van der Waals surface area contributed by atoms with Crippen molar-refractivity contribution in [3.63, 3.8) is 0 Å². The van der Waals surface area contributed by atoms with Gasteiger partial charge in [0.15, 0.2) is 5.78 Å². The maximum absolute atomic E-state index is 12.3. The van der Waals surface area contributed by atoms with E-state index in [9.17, 15) is 13.2 Å². The van der Waals surface area contributed by atoms with Crippen LogP contribution in [0.3, 0.4) is 0 Å². The molecule has 0 aliphatic carbocycles. The second-order valence-corrected chi connectivity index (χ2v) is 6.94. The SMILES string of the molecule is CC(=O)c1cccc(S(=O)(=O)NCC(C)Oc2ccccc2)c1. The average Bonchev–Trinajstić information content (AvgIpc) is 2.54. The molecule has 0 saturated carbocycles. The predicted molar refractivity (Wildman–Crippen MR) is 88.2 cm³/mol. The second kappa shape index (κ2) is 7.39. The number of carbonyl (C=O) groups excluding carboxylic acids is 1. The molecule has 0 aromatic heterocycles. The lowest BCUT2D eigenvalue weighted by Crippen LogP contribution is -2.33. The standard InChI is InChI=1S/C17H19NO4S/c1-13(22-16-8-4-3-5-9-16)12-18-23(20,21)17-10-6-7-15(11-17)14(2)19/h3-11,13,18H,12H2,1-2H3. The smallest absolute Gasteiger partial charge is 0.240 e. The summed E-state index contributed by atoms with van der Waals surface area (Å²) in [4.78, 5) is 11.4. The molecule has 6 heteroatoms. The number of nitrogens with one attached hydrogen (secondary N) is 1. The highest BCUT2D eigenvalue weighted by Gasteiger charge is 2.17. The summed E-state index contributed by atoms with van der Waals surface area (Å²) < 4.78 is 32.7. The van der Waals surface area contributed by atoms with Gasteiger partial charge in [0.05, 0.1) is 4.90 Å². The Hall–Kier alpha value is -2.18. The van der Waals surface area contributed by atoms with Gasteiger partial charge in [-0.25, -0.2) is 13.1 Å². The molecule has 5 nitrogen and oxygen atoms in total. The lowest BCUT2D eigenvalue weighted by atomic mass is 10.2. The summed E-state index contributed by atoms with van der Waals surface area (Å²) >= 11 is 0. The van der Waals surface area contributed by atoms with Crippen molar-refractivity contribution < 1.29 is 17.9 Å². The van der Waals surface area contributed by atoms with Gasteiger partial charge in [0.1, 0.15) is 11.9 Å². The van der Waals surface area contributed by atoms with Crippen LogP contribution < -0.4 is 9.46 Å². The van der Waals surface area contributed by atoms with Gasteiger partial charge in [-0.3, -0.25) is 4.79 Å². The molecule has 0 radical (unpaired) electrons. The Morgan fingerprint density at radius 1 is 1.13 bits per heavy atom. The van der Waals surface area contributed by atoms with Crippen molar-refractivity contribution in [1.82, 2.24) is 4.72 Å². The van der Waals surface area contributed by atoms with Crippen molar-refractivity contribution in [3.05, 3.63) is 60.2 Å². The number of rotatable bonds is 7. The number of carbonyl (C=O) groups is 1. The van der Waals surface area contributed by atoms with Gasteiger partial charge in [-0.05, 0) is 38.1 Å². The van der Waals surface area contributed by atoms with Crippen LogP contribution in [0.15, 0.2) is 59.5 Å². The molecule has 122 valence electrons. The molecule has 2 aromatic carbocycles.